The van der Waals surface area contributed by atoms with E-state index in [2.05, 4.69) is 20.6 Å². The average Bonchev–Trinajstić information content (AvgIpc) is 3.23. The number of nitrogens with two attached hydrogens (primary N) is 1. The van der Waals surface area contributed by atoms with E-state index in [0.29, 0.717) is 17.7 Å². The van der Waals surface area contributed by atoms with Crippen molar-refractivity contribution >= 4 is 17.6 Å². The third-order valence-electron chi connectivity index (χ3n) is 3.23. The number of carbonyl (C=O) groups excluding carboxylic acids is 1. The molecule has 21 heavy (non-hydrogen) atoms. The number of hydrogen-bond donors (Lipinski definition) is 2. The molecule has 1 saturated carbocycles. The molecule has 0 saturated heterocycles. The Morgan fingerprint density at radius 2 is 2.19 bits per heavy atom. The summed E-state index contributed by atoms with van der Waals surface area (Å²) < 4.78 is 6.17. The zero-order valence-electron chi connectivity index (χ0n) is 11.8. The topological polar surface area (TPSA) is 108 Å². The van der Waals surface area contributed by atoms with Gasteiger partial charge < -0.3 is 15.8 Å². The fourth-order valence-electron chi connectivity index (χ4n) is 1.94. The molecule has 0 aliphatic heterocycles. The Kier molecular flexibility index (Phi) is 3.20. The molecule has 0 amide bonds. The summed E-state index contributed by atoms with van der Waals surface area (Å²) in [6.07, 6.45) is 2.11. The molecule has 8 nitrogen and oxygen atoms in total. The van der Waals surface area contributed by atoms with Crippen LogP contribution in [0.3, 0.4) is 0 Å². The van der Waals surface area contributed by atoms with Crippen LogP contribution in [0.4, 0.5) is 11.6 Å². The molecule has 110 valence electrons. The van der Waals surface area contributed by atoms with E-state index in [0.717, 1.165) is 18.5 Å². The number of esters is 1. The molecule has 2 aromatic rings. The Hall–Kier alpha value is -2.64. The van der Waals surface area contributed by atoms with Gasteiger partial charge in [0.2, 0.25) is 0 Å². The minimum atomic E-state index is -0.526. The van der Waals surface area contributed by atoms with Crippen LogP contribution in [-0.4, -0.2) is 39.1 Å². The highest BCUT2D eigenvalue weighted by Crippen LogP contribution is 2.30. The highest BCUT2D eigenvalue weighted by atomic mass is 16.5. The Bertz CT molecular complexity index is 675. The first-order chi connectivity index (χ1) is 10.1. The maximum atomic E-state index is 11.9. The van der Waals surface area contributed by atoms with E-state index in [1.165, 1.54) is 11.8 Å². The van der Waals surface area contributed by atoms with Crippen molar-refractivity contribution in [2.24, 2.45) is 0 Å². The van der Waals surface area contributed by atoms with Gasteiger partial charge in [-0.2, -0.15) is 9.78 Å². The summed E-state index contributed by atoms with van der Waals surface area (Å²) >= 11 is 0. The van der Waals surface area contributed by atoms with Crippen LogP contribution in [-0.2, 0) is 4.74 Å². The molecule has 0 bridgehead atoms. The summed E-state index contributed by atoms with van der Waals surface area (Å²) in [4.78, 5) is 11.9. The number of aromatic nitrogens is 4. The number of aryl methyl sites for hydroxylation is 1. The first-order valence-corrected chi connectivity index (χ1v) is 6.64. The van der Waals surface area contributed by atoms with Gasteiger partial charge in [0.25, 0.3) is 0 Å². The standard InChI is InChI=1S/C13H16N6O2/c1-7-3-6-9(17-16-7)19-11(14)10(13(20)21-2)12(18-19)15-8-4-5-8/h3,6,8H,4-5,14H2,1-2H3,(H,15,18). The van der Waals surface area contributed by atoms with E-state index < -0.39 is 5.97 Å². The number of nitrogens with one attached hydrogen (secondary N) is 1. The van der Waals surface area contributed by atoms with Crippen molar-refractivity contribution in [1.82, 2.24) is 20.0 Å². The van der Waals surface area contributed by atoms with Gasteiger partial charge in [0.05, 0.1) is 12.8 Å². The molecule has 1 aliphatic rings. The SMILES string of the molecule is COC(=O)c1c(NC2CC2)nn(-c2ccc(C)nn2)c1N. The smallest absolute Gasteiger partial charge is 0.345 e. The third-order valence-corrected chi connectivity index (χ3v) is 3.23. The fourth-order valence-corrected chi connectivity index (χ4v) is 1.94. The van der Waals surface area contributed by atoms with Crippen molar-refractivity contribution in [2.45, 2.75) is 25.8 Å². The summed E-state index contributed by atoms with van der Waals surface area (Å²) in [6.45, 7) is 1.84. The predicted octanol–water partition coefficient (Wildman–Crippen LogP) is 0.914. The molecule has 0 unspecified atom stereocenters. The van der Waals surface area contributed by atoms with Gasteiger partial charge in [0, 0.05) is 6.04 Å². The van der Waals surface area contributed by atoms with E-state index in [9.17, 15) is 4.79 Å². The second kappa shape index (κ2) is 5.04. The number of carbonyl (C=O) groups is 1. The van der Waals surface area contributed by atoms with Crippen molar-refractivity contribution in [3.8, 4) is 5.82 Å². The number of rotatable bonds is 4. The quantitative estimate of drug-likeness (QED) is 0.805. The van der Waals surface area contributed by atoms with Crippen LogP contribution in [0.5, 0.6) is 0 Å². The first-order valence-electron chi connectivity index (χ1n) is 6.64. The lowest BCUT2D eigenvalue weighted by Gasteiger charge is -2.03. The lowest BCUT2D eigenvalue weighted by molar-refractivity contribution is 0.0603. The maximum Gasteiger partial charge on any atom is 0.345 e. The second-order valence-electron chi connectivity index (χ2n) is 4.96. The van der Waals surface area contributed by atoms with Crippen LogP contribution in [0.1, 0.15) is 28.9 Å². The van der Waals surface area contributed by atoms with E-state index in [4.69, 9.17) is 10.5 Å². The van der Waals surface area contributed by atoms with E-state index in [-0.39, 0.29) is 11.4 Å². The molecular weight excluding hydrogens is 272 g/mol. The Morgan fingerprint density at radius 3 is 2.76 bits per heavy atom. The van der Waals surface area contributed by atoms with Crippen LogP contribution in [0, 0.1) is 6.92 Å². The maximum absolute atomic E-state index is 11.9. The highest BCUT2D eigenvalue weighted by molar-refractivity contribution is 6.00. The van der Waals surface area contributed by atoms with Crippen molar-refractivity contribution in [3.63, 3.8) is 0 Å². The average molecular weight is 288 g/mol. The molecular formula is C13H16N6O2. The molecule has 0 radical (unpaired) electrons. The van der Waals surface area contributed by atoms with Crippen LogP contribution in [0.2, 0.25) is 0 Å². The number of ether oxygens (including phenoxy) is 1. The summed E-state index contributed by atoms with van der Waals surface area (Å²) in [5.74, 6) is 0.529. The molecule has 0 spiro atoms. The minimum absolute atomic E-state index is 0.183. The lowest BCUT2D eigenvalue weighted by Crippen LogP contribution is -2.10. The lowest BCUT2D eigenvalue weighted by atomic mass is 10.3. The summed E-state index contributed by atoms with van der Waals surface area (Å²) in [7, 11) is 1.31. The number of hydrogen-bond acceptors (Lipinski definition) is 7. The van der Waals surface area contributed by atoms with E-state index in [1.54, 1.807) is 12.1 Å². The summed E-state index contributed by atoms with van der Waals surface area (Å²) in [5.41, 5.74) is 7.05. The van der Waals surface area contributed by atoms with Gasteiger partial charge in [-0.15, -0.1) is 10.2 Å². The van der Waals surface area contributed by atoms with Gasteiger partial charge in [-0.1, -0.05) is 0 Å². The predicted molar refractivity (Wildman–Crippen MR) is 76.3 cm³/mol. The van der Waals surface area contributed by atoms with Gasteiger partial charge in [-0.05, 0) is 31.9 Å². The molecule has 3 N–H and O–H groups in total. The number of nitrogens with zero attached hydrogens (tertiary/aromatic N) is 4. The van der Waals surface area contributed by atoms with E-state index >= 15 is 0 Å². The number of anilines is 2. The molecule has 1 fully saturated rings. The molecule has 3 rings (SSSR count). The molecule has 1 aliphatic carbocycles. The zero-order chi connectivity index (χ0) is 15.0. The van der Waals surface area contributed by atoms with Crippen LogP contribution in [0.25, 0.3) is 5.82 Å². The number of methoxy groups -OCH3 is 1. The van der Waals surface area contributed by atoms with Gasteiger partial charge in [0.15, 0.2) is 11.6 Å². The largest absolute Gasteiger partial charge is 0.465 e. The van der Waals surface area contributed by atoms with Gasteiger partial charge in [0.1, 0.15) is 11.4 Å². The third kappa shape index (κ3) is 2.51. The monoisotopic (exact) mass is 288 g/mol. The van der Waals surface area contributed by atoms with Gasteiger partial charge in [-0.3, -0.25) is 0 Å². The van der Waals surface area contributed by atoms with Crippen LogP contribution >= 0.6 is 0 Å². The molecule has 2 heterocycles. The Balaban J connectivity index is 2.06. The van der Waals surface area contributed by atoms with Gasteiger partial charge >= 0.3 is 5.97 Å². The van der Waals surface area contributed by atoms with Crippen LogP contribution < -0.4 is 11.1 Å². The van der Waals surface area contributed by atoms with Crippen molar-refractivity contribution in [1.29, 1.82) is 0 Å². The van der Waals surface area contributed by atoms with Gasteiger partial charge in [-0.25, -0.2) is 4.79 Å². The fraction of sp³-hybridized carbons (Fsp3) is 0.385. The van der Waals surface area contributed by atoms with Crippen molar-refractivity contribution < 1.29 is 9.53 Å². The van der Waals surface area contributed by atoms with Crippen molar-refractivity contribution in [2.75, 3.05) is 18.2 Å². The Labute approximate surface area is 121 Å². The highest BCUT2D eigenvalue weighted by Gasteiger charge is 2.29. The number of nitrogen functional groups attached to an aromatic ring is 1. The summed E-state index contributed by atoms with van der Waals surface area (Å²) in [6, 6.07) is 3.88. The first kappa shape index (κ1) is 13.3. The van der Waals surface area contributed by atoms with Crippen molar-refractivity contribution in [3.05, 3.63) is 23.4 Å². The molecule has 8 heteroatoms. The summed E-state index contributed by atoms with van der Waals surface area (Å²) in [5, 5.41) is 15.5. The van der Waals surface area contributed by atoms with Crippen LogP contribution in [0.15, 0.2) is 12.1 Å². The molecule has 2 aromatic heterocycles. The molecule has 0 aromatic carbocycles. The zero-order valence-corrected chi connectivity index (χ0v) is 11.8. The minimum Gasteiger partial charge on any atom is -0.465 e. The molecule has 0 atom stereocenters. The van der Waals surface area contributed by atoms with E-state index in [1.807, 2.05) is 6.92 Å². The normalized spacial score (nSPS) is 14.0. The Morgan fingerprint density at radius 1 is 1.43 bits per heavy atom. The second-order valence-corrected chi connectivity index (χ2v) is 4.96.